The number of benzene rings is 1. The van der Waals surface area contributed by atoms with E-state index in [1.165, 1.54) is 22.5 Å². The highest BCUT2D eigenvalue weighted by Crippen LogP contribution is 2.23. The summed E-state index contributed by atoms with van der Waals surface area (Å²) >= 11 is 0. The molecule has 29 heavy (non-hydrogen) atoms. The molecule has 4 rings (SSSR count). The van der Waals surface area contributed by atoms with E-state index in [-0.39, 0.29) is 0 Å². The zero-order valence-electron chi connectivity index (χ0n) is 17.1. The molecule has 0 bridgehead atoms. The minimum Gasteiger partial charge on any atom is -0.334 e. The standard InChI is InChI=1S/C24H27N5/c1-19-16-20(2)29(27-19)15-12-23-24(22-10-4-3-5-11-22)26-18-28(23)14-7-9-21-8-6-13-25-17-21/h3-6,8,10-11,13,16-18H,7,9,12,14-15H2,1-2H3. The van der Waals surface area contributed by atoms with Gasteiger partial charge in [-0.2, -0.15) is 5.10 Å². The van der Waals surface area contributed by atoms with Gasteiger partial charge in [0.2, 0.25) is 0 Å². The van der Waals surface area contributed by atoms with Crippen molar-refractivity contribution < 1.29 is 0 Å². The second-order valence-corrected chi connectivity index (χ2v) is 7.46. The molecule has 5 nitrogen and oxygen atoms in total. The average molecular weight is 386 g/mol. The van der Waals surface area contributed by atoms with Crippen molar-refractivity contribution in [2.24, 2.45) is 0 Å². The van der Waals surface area contributed by atoms with Crippen LogP contribution in [-0.4, -0.2) is 24.3 Å². The molecule has 0 amide bonds. The molecule has 0 radical (unpaired) electrons. The van der Waals surface area contributed by atoms with Crippen LogP contribution in [0.2, 0.25) is 0 Å². The van der Waals surface area contributed by atoms with Crippen molar-refractivity contribution in [2.45, 2.75) is 46.2 Å². The Hall–Kier alpha value is -3.21. The molecule has 0 N–H and O–H groups in total. The molecule has 0 unspecified atom stereocenters. The van der Waals surface area contributed by atoms with Crippen molar-refractivity contribution in [2.75, 3.05) is 0 Å². The minimum atomic E-state index is 0.855. The van der Waals surface area contributed by atoms with Crippen LogP contribution in [0, 0.1) is 13.8 Å². The Bertz CT molecular complexity index is 1050. The summed E-state index contributed by atoms with van der Waals surface area (Å²) in [6.07, 6.45) is 8.74. The van der Waals surface area contributed by atoms with E-state index in [9.17, 15) is 0 Å². The topological polar surface area (TPSA) is 48.5 Å². The fraction of sp³-hybridized carbons (Fsp3) is 0.292. The average Bonchev–Trinajstić information content (AvgIpc) is 3.29. The summed E-state index contributed by atoms with van der Waals surface area (Å²) in [6, 6.07) is 16.7. The van der Waals surface area contributed by atoms with Gasteiger partial charge in [-0.25, -0.2) is 4.98 Å². The van der Waals surface area contributed by atoms with Crippen molar-refractivity contribution in [1.82, 2.24) is 24.3 Å². The molecule has 0 aliphatic rings. The van der Waals surface area contributed by atoms with E-state index >= 15 is 0 Å². The van der Waals surface area contributed by atoms with Gasteiger partial charge in [-0.15, -0.1) is 0 Å². The first-order valence-electron chi connectivity index (χ1n) is 10.2. The van der Waals surface area contributed by atoms with Gasteiger partial charge in [0, 0.05) is 48.9 Å². The van der Waals surface area contributed by atoms with Gasteiger partial charge in [-0.3, -0.25) is 9.67 Å². The first-order chi connectivity index (χ1) is 14.2. The highest BCUT2D eigenvalue weighted by Gasteiger charge is 2.14. The fourth-order valence-electron chi connectivity index (χ4n) is 3.81. The van der Waals surface area contributed by atoms with Crippen molar-refractivity contribution in [1.29, 1.82) is 0 Å². The number of imidazole rings is 1. The van der Waals surface area contributed by atoms with Crippen LogP contribution in [0.1, 0.15) is 29.1 Å². The van der Waals surface area contributed by atoms with Gasteiger partial charge < -0.3 is 4.57 Å². The first-order valence-corrected chi connectivity index (χ1v) is 10.2. The van der Waals surface area contributed by atoms with Gasteiger partial charge >= 0.3 is 0 Å². The molecule has 148 valence electrons. The Kier molecular flexibility index (Phi) is 5.84. The largest absolute Gasteiger partial charge is 0.334 e. The Morgan fingerprint density at radius 1 is 0.931 bits per heavy atom. The normalized spacial score (nSPS) is 11.1. The van der Waals surface area contributed by atoms with E-state index in [0.29, 0.717) is 0 Å². The zero-order chi connectivity index (χ0) is 20.1. The van der Waals surface area contributed by atoms with Gasteiger partial charge in [0.25, 0.3) is 0 Å². The maximum atomic E-state index is 4.77. The Labute approximate surface area is 172 Å². The van der Waals surface area contributed by atoms with Crippen LogP contribution in [0.4, 0.5) is 0 Å². The molecule has 0 fully saturated rings. The number of pyridine rings is 1. The molecule has 3 aromatic heterocycles. The van der Waals surface area contributed by atoms with E-state index in [0.717, 1.165) is 43.7 Å². The van der Waals surface area contributed by atoms with Crippen molar-refractivity contribution in [3.8, 4) is 11.3 Å². The SMILES string of the molecule is Cc1cc(C)n(CCc2c(-c3ccccc3)ncn2CCCc2cccnc2)n1. The second kappa shape index (κ2) is 8.86. The Balaban J connectivity index is 1.54. The number of hydrogen-bond donors (Lipinski definition) is 0. The van der Waals surface area contributed by atoms with Crippen molar-refractivity contribution in [3.63, 3.8) is 0 Å². The lowest BCUT2D eigenvalue weighted by Gasteiger charge is -2.12. The van der Waals surface area contributed by atoms with Gasteiger partial charge in [0.05, 0.1) is 17.7 Å². The molecule has 0 aliphatic carbocycles. The quantitative estimate of drug-likeness (QED) is 0.444. The monoisotopic (exact) mass is 385 g/mol. The third-order valence-corrected chi connectivity index (χ3v) is 5.24. The summed E-state index contributed by atoms with van der Waals surface area (Å²) in [5.74, 6) is 0. The third kappa shape index (κ3) is 4.62. The number of nitrogens with zero attached hydrogens (tertiary/aromatic N) is 5. The van der Waals surface area contributed by atoms with Crippen LogP contribution in [0.3, 0.4) is 0 Å². The predicted octanol–water partition coefficient (Wildman–Crippen LogP) is 4.63. The molecule has 0 spiro atoms. The summed E-state index contributed by atoms with van der Waals surface area (Å²) in [4.78, 5) is 8.99. The highest BCUT2D eigenvalue weighted by atomic mass is 15.3. The summed E-state index contributed by atoms with van der Waals surface area (Å²) in [6.45, 7) is 5.96. The van der Waals surface area contributed by atoms with Crippen LogP contribution in [0.25, 0.3) is 11.3 Å². The van der Waals surface area contributed by atoms with E-state index < -0.39 is 0 Å². The molecule has 5 heteroatoms. The lowest BCUT2D eigenvalue weighted by atomic mass is 10.1. The molecule has 0 aliphatic heterocycles. The lowest BCUT2D eigenvalue weighted by Crippen LogP contribution is -2.10. The minimum absolute atomic E-state index is 0.855. The fourth-order valence-corrected chi connectivity index (χ4v) is 3.81. The van der Waals surface area contributed by atoms with Gasteiger partial charge in [0.1, 0.15) is 0 Å². The van der Waals surface area contributed by atoms with Crippen LogP contribution in [0.5, 0.6) is 0 Å². The molecule has 0 saturated heterocycles. The predicted molar refractivity (Wildman–Crippen MR) is 116 cm³/mol. The van der Waals surface area contributed by atoms with Crippen molar-refractivity contribution in [3.05, 3.63) is 89.9 Å². The van der Waals surface area contributed by atoms with E-state index in [1.807, 2.05) is 37.8 Å². The first kappa shape index (κ1) is 19.1. The molecule has 1 aromatic carbocycles. The summed E-state index contributed by atoms with van der Waals surface area (Å²) in [5, 5.41) is 4.62. The number of aryl methyl sites for hydroxylation is 5. The molecular formula is C24H27N5. The summed E-state index contributed by atoms with van der Waals surface area (Å²) in [7, 11) is 0. The molecule has 3 heterocycles. The van der Waals surface area contributed by atoms with Crippen LogP contribution < -0.4 is 0 Å². The van der Waals surface area contributed by atoms with Gasteiger partial charge in [0.15, 0.2) is 0 Å². The molecular weight excluding hydrogens is 358 g/mol. The van der Waals surface area contributed by atoms with E-state index in [1.54, 1.807) is 0 Å². The molecule has 4 aromatic rings. The Morgan fingerprint density at radius 3 is 2.52 bits per heavy atom. The number of aromatic nitrogens is 5. The third-order valence-electron chi connectivity index (χ3n) is 5.24. The summed E-state index contributed by atoms with van der Waals surface area (Å²) < 4.78 is 4.40. The highest BCUT2D eigenvalue weighted by molar-refractivity contribution is 5.61. The second-order valence-electron chi connectivity index (χ2n) is 7.46. The summed E-state index contributed by atoms with van der Waals surface area (Å²) in [5.41, 5.74) is 7.06. The van der Waals surface area contributed by atoms with E-state index in [4.69, 9.17) is 4.98 Å². The molecule has 0 saturated carbocycles. The Morgan fingerprint density at radius 2 is 1.79 bits per heavy atom. The number of rotatable bonds is 8. The maximum Gasteiger partial charge on any atom is 0.0956 e. The van der Waals surface area contributed by atoms with Crippen LogP contribution >= 0.6 is 0 Å². The smallest absolute Gasteiger partial charge is 0.0956 e. The lowest BCUT2D eigenvalue weighted by molar-refractivity contribution is 0.557. The van der Waals surface area contributed by atoms with E-state index in [2.05, 4.69) is 62.7 Å². The molecule has 0 atom stereocenters. The maximum absolute atomic E-state index is 4.77. The van der Waals surface area contributed by atoms with Gasteiger partial charge in [-0.05, 0) is 44.4 Å². The van der Waals surface area contributed by atoms with Crippen LogP contribution in [-0.2, 0) is 25.9 Å². The zero-order valence-corrected chi connectivity index (χ0v) is 17.1. The van der Waals surface area contributed by atoms with Crippen LogP contribution in [0.15, 0.2) is 67.3 Å². The van der Waals surface area contributed by atoms with Gasteiger partial charge in [-0.1, -0.05) is 36.4 Å². The van der Waals surface area contributed by atoms with Crippen molar-refractivity contribution >= 4 is 0 Å². The number of hydrogen-bond acceptors (Lipinski definition) is 3.